The van der Waals surface area contributed by atoms with E-state index in [4.69, 9.17) is 0 Å². The summed E-state index contributed by atoms with van der Waals surface area (Å²) in [5, 5.41) is 10.5. The van der Waals surface area contributed by atoms with E-state index in [0.29, 0.717) is 0 Å². The second-order valence-electron chi connectivity index (χ2n) is 17.2. The van der Waals surface area contributed by atoms with E-state index in [1.165, 1.54) is 97.9 Å². The van der Waals surface area contributed by atoms with E-state index < -0.39 is 8.07 Å². The molecule has 300 valence electrons. The zero-order valence-corrected chi connectivity index (χ0v) is 36.1. The monoisotopic (exact) mass is 830 g/mol. The first-order valence-corrected chi connectivity index (χ1v) is 24.3. The molecule has 1 aliphatic carbocycles. The van der Waals surface area contributed by atoms with Gasteiger partial charge in [0.1, 0.15) is 0 Å². The van der Waals surface area contributed by atoms with E-state index in [1.807, 2.05) is 0 Å². The molecule has 0 spiro atoms. The van der Waals surface area contributed by atoms with Gasteiger partial charge in [-0.15, -0.1) is 0 Å². The van der Waals surface area contributed by atoms with Gasteiger partial charge in [-0.1, -0.05) is 194 Å². The van der Waals surface area contributed by atoms with Gasteiger partial charge in [0.05, 0.1) is 22.1 Å². The molecule has 0 fully saturated rings. The van der Waals surface area contributed by atoms with Crippen molar-refractivity contribution in [3.05, 3.63) is 265 Å². The van der Waals surface area contributed by atoms with Crippen LogP contribution in [0.1, 0.15) is 22.6 Å². The highest BCUT2D eigenvalue weighted by Gasteiger charge is 2.42. The molecule has 3 heteroatoms. The Labute approximate surface area is 373 Å². The molecule has 1 aliphatic rings. The number of benzene rings is 10. The molecule has 0 bridgehead atoms. The Kier molecular flexibility index (Phi) is 8.34. The largest absolute Gasteiger partial charge is 0.309 e. The van der Waals surface area contributed by atoms with Crippen molar-refractivity contribution in [3.8, 4) is 22.5 Å². The minimum absolute atomic E-state index is 0.195. The number of aromatic nitrogens is 2. The SMILES string of the molecule is c1ccc(C2c3ccccc3-c3cc4c(cc32)c2ccccc2n4-c2ccc([Si](c3ccccc3)(c3ccccc3)c3cccc(-n4c5ccccc5c5ccccc54)c3)cc2)cc1. The van der Waals surface area contributed by atoms with Crippen LogP contribution >= 0.6 is 0 Å². The van der Waals surface area contributed by atoms with Gasteiger partial charge in [-0.05, 0) is 103 Å². The van der Waals surface area contributed by atoms with Crippen LogP contribution in [0.3, 0.4) is 0 Å². The quantitative estimate of drug-likeness (QED) is 0.112. The number of para-hydroxylation sites is 3. The summed E-state index contributed by atoms with van der Waals surface area (Å²) in [4.78, 5) is 0. The third kappa shape index (κ3) is 5.38. The summed E-state index contributed by atoms with van der Waals surface area (Å²) in [5.41, 5.74) is 13.9. The first kappa shape index (κ1) is 36.7. The van der Waals surface area contributed by atoms with Crippen molar-refractivity contribution in [1.29, 1.82) is 0 Å². The molecule has 1 unspecified atom stereocenters. The second-order valence-corrected chi connectivity index (χ2v) is 21.0. The normalized spacial score (nSPS) is 13.5. The maximum Gasteiger partial charge on any atom is 0.179 e. The van der Waals surface area contributed by atoms with Crippen LogP contribution in [0.5, 0.6) is 0 Å². The molecular formula is C61H42N2Si. The summed E-state index contributed by atoms with van der Waals surface area (Å²) in [6, 6.07) is 93.1. The third-order valence-electron chi connectivity index (χ3n) is 13.9. The highest BCUT2D eigenvalue weighted by Crippen LogP contribution is 2.50. The molecule has 2 heterocycles. The van der Waals surface area contributed by atoms with E-state index in [-0.39, 0.29) is 5.92 Å². The van der Waals surface area contributed by atoms with Crippen molar-refractivity contribution >= 4 is 72.4 Å². The molecule has 12 aromatic rings. The Bertz CT molecular complexity index is 3620. The first-order chi connectivity index (χ1) is 31.8. The van der Waals surface area contributed by atoms with E-state index in [9.17, 15) is 0 Å². The molecule has 1 atom stereocenters. The summed E-state index contributed by atoms with van der Waals surface area (Å²) < 4.78 is 4.94. The molecule has 0 N–H and O–H groups in total. The fourth-order valence-electron chi connectivity index (χ4n) is 11.3. The summed E-state index contributed by atoms with van der Waals surface area (Å²) >= 11 is 0. The Morgan fingerprint density at radius 2 is 0.766 bits per heavy atom. The average molecular weight is 831 g/mol. The maximum atomic E-state index is 2.49. The van der Waals surface area contributed by atoms with Crippen LogP contribution in [0.25, 0.3) is 66.1 Å². The van der Waals surface area contributed by atoms with Crippen molar-refractivity contribution in [3.63, 3.8) is 0 Å². The molecule has 0 radical (unpaired) electrons. The Morgan fingerprint density at radius 1 is 0.281 bits per heavy atom. The first-order valence-electron chi connectivity index (χ1n) is 22.3. The molecule has 0 saturated carbocycles. The average Bonchev–Trinajstić information content (AvgIpc) is 4.00. The number of fused-ring (bicyclic) bond motifs is 9. The molecule has 0 aliphatic heterocycles. The number of nitrogens with zero attached hydrogens (tertiary/aromatic N) is 2. The van der Waals surface area contributed by atoms with Crippen LogP contribution < -0.4 is 20.7 Å². The lowest BCUT2D eigenvalue weighted by Crippen LogP contribution is -2.74. The smallest absolute Gasteiger partial charge is 0.179 e. The standard InChI is InChI=1S/C61H42N2Si/c1-4-19-42(20-5-1)61-53-31-11-10-27-49(53)54-41-60-55(40-56(54)61)52-30-14-17-34-59(52)62(60)43-35-37-47(38-36-43)64(45-22-6-2-7-23-45,46-24-8-3-9-25-46)48-26-18-21-44(39-48)63-57-32-15-12-28-50(57)51-29-13-16-33-58(51)63/h1-41,61H. The number of rotatable bonds is 7. The topological polar surface area (TPSA) is 9.86 Å². The van der Waals surface area contributed by atoms with Crippen LogP contribution in [0.4, 0.5) is 0 Å². The lowest BCUT2D eigenvalue weighted by Gasteiger charge is -2.35. The van der Waals surface area contributed by atoms with Crippen LogP contribution in [-0.2, 0) is 0 Å². The summed E-state index contributed by atoms with van der Waals surface area (Å²) in [6.07, 6.45) is 0. The predicted molar refractivity (Wildman–Crippen MR) is 272 cm³/mol. The molecule has 0 saturated heterocycles. The molecule has 0 amide bonds. The number of hydrogen-bond acceptors (Lipinski definition) is 0. The Hall–Kier alpha value is -7.98. The lowest BCUT2D eigenvalue weighted by atomic mass is 9.89. The molecule has 64 heavy (non-hydrogen) atoms. The molecule has 2 nitrogen and oxygen atoms in total. The van der Waals surface area contributed by atoms with Gasteiger partial charge in [0.15, 0.2) is 8.07 Å². The predicted octanol–water partition coefficient (Wildman–Crippen LogP) is 12.4. The van der Waals surface area contributed by atoms with Gasteiger partial charge < -0.3 is 9.13 Å². The van der Waals surface area contributed by atoms with Crippen LogP contribution in [0, 0.1) is 0 Å². The van der Waals surface area contributed by atoms with Gasteiger partial charge in [0.2, 0.25) is 0 Å². The second kappa shape index (κ2) is 14.6. The van der Waals surface area contributed by atoms with E-state index >= 15 is 0 Å². The van der Waals surface area contributed by atoms with Crippen molar-refractivity contribution in [2.75, 3.05) is 0 Å². The zero-order valence-electron chi connectivity index (χ0n) is 35.1. The molecule has 13 rings (SSSR count). The van der Waals surface area contributed by atoms with Gasteiger partial charge in [-0.3, -0.25) is 0 Å². The fourth-order valence-corrected chi connectivity index (χ4v) is 16.0. The van der Waals surface area contributed by atoms with Gasteiger partial charge in [-0.25, -0.2) is 0 Å². The highest BCUT2D eigenvalue weighted by atomic mass is 28.3. The summed E-state index contributed by atoms with van der Waals surface area (Å²) in [5.74, 6) is 0.195. The van der Waals surface area contributed by atoms with Crippen LogP contribution in [0.15, 0.2) is 249 Å². The van der Waals surface area contributed by atoms with Gasteiger partial charge in [0.25, 0.3) is 0 Å². The Morgan fingerprint density at radius 3 is 1.39 bits per heavy atom. The number of hydrogen-bond donors (Lipinski definition) is 0. The van der Waals surface area contributed by atoms with Crippen molar-refractivity contribution in [1.82, 2.24) is 9.13 Å². The Balaban J connectivity index is 1.03. The van der Waals surface area contributed by atoms with Crippen molar-refractivity contribution < 1.29 is 0 Å². The van der Waals surface area contributed by atoms with Crippen molar-refractivity contribution in [2.24, 2.45) is 0 Å². The van der Waals surface area contributed by atoms with Crippen molar-refractivity contribution in [2.45, 2.75) is 5.92 Å². The van der Waals surface area contributed by atoms with E-state index in [0.717, 1.165) is 5.69 Å². The third-order valence-corrected chi connectivity index (χ3v) is 18.7. The zero-order chi connectivity index (χ0) is 42.2. The minimum atomic E-state index is -2.91. The molecular weight excluding hydrogens is 789 g/mol. The van der Waals surface area contributed by atoms with Crippen LogP contribution in [-0.4, -0.2) is 17.2 Å². The van der Waals surface area contributed by atoms with E-state index in [2.05, 4.69) is 258 Å². The van der Waals surface area contributed by atoms with Gasteiger partial charge in [-0.2, -0.15) is 0 Å². The summed E-state index contributed by atoms with van der Waals surface area (Å²) in [7, 11) is -2.91. The maximum absolute atomic E-state index is 2.91. The van der Waals surface area contributed by atoms with E-state index in [1.54, 1.807) is 0 Å². The lowest BCUT2D eigenvalue weighted by molar-refractivity contribution is 1.02. The summed E-state index contributed by atoms with van der Waals surface area (Å²) in [6.45, 7) is 0. The van der Waals surface area contributed by atoms with Crippen LogP contribution in [0.2, 0.25) is 0 Å². The molecule has 10 aromatic carbocycles. The molecule has 2 aromatic heterocycles. The van der Waals surface area contributed by atoms with Gasteiger partial charge in [0, 0.05) is 38.8 Å². The fraction of sp³-hybridized carbons (Fsp3) is 0.0164. The minimum Gasteiger partial charge on any atom is -0.309 e. The highest BCUT2D eigenvalue weighted by molar-refractivity contribution is 7.19. The van der Waals surface area contributed by atoms with Gasteiger partial charge >= 0.3 is 0 Å².